The minimum Gasteiger partial charge on any atom is -0.480 e. The average Bonchev–Trinajstić information content (AvgIpc) is 2.54. The van der Waals surface area contributed by atoms with Crippen LogP contribution in [-0.4, -0.2) is 33.0 Å². The molecular formula is C17H19N3O3. The van der Waals surface area contributed by atoms with E-state index in [2.05, 4.69) is 15.3 Å². The van der Waals surface area contributed by atoms with Gasteiger partial charge in [-0.25, -0.2) is 14.8 Å². The Morgan fingerprint density at radius 1 is 1.22 bits per heavy atom. The quantitative estimate of drug-likeness (QED) is 0.854. The molecule has 2 rings (SSSR count). The number of carbonyl (C=O) groups is 2. The van der Waals surface area contributed by atoms with Crippen molar-refractivity contribution < 1.29 is 14.7 Å². The van der Waals surface area contributed by atoms with Crippen LogP contribution in [0.2, 0.25) is 0 Å². The zero-order chi connectivity index (χ0) is 16.8. The maximum atomic E-state index is 12.5. The smallest absolute Gasteiger partial charge is 0.326 e. The number of benzene rings is 1. The van der Waals surface area contributed by atoms with Crippen LogP contribution in [0.4, 0.5) is 0 Å². The number of nitrogens with one attached hydrogen (secondary N) is 1. The molecule has 0 fully saturated rings. The van der Waals surface area contributed by atoms with E-state index < -0.39 is 17.9 Å². The molecule has 2 aromatic rings. The summed E-state index contributed by atoms with van der Waals surface area (Å²) in [6.45, 7) is 3.81. The predicted molar refractivity (Wildman–Crippen MR) is 85.8 cm³/mol. The van der Waals surface area contributed by atoms with Crippen LogP contribution in [0, 0.1) is 5.92 Å². The van der Waals surface area contributed by atoms with Crippen molar-refractivity contribution in [2.45, 2.75) is 26.3 Å². The standard InChI is InChI=1S/C17H19N3O3/c1-11(2)8-14(17(22)23)20-16(21)13-9-18-10-19-15(13)12-6-4-3-5-7-12/h3-7,9-11,14H,8H2,1-2H3,(H,20,21)(H,22,23)/t14-/m1/s1. The van der Waals surface area contributed by atoms with E-state index in [1.54, 1.807) is 0 Å². The van der Waals surface area contributed by atoms with Crippen LogP contribution in [0.1, 0.15) is 30.6 Å². The first-order valence-electron chi connectivity index (χ1n) is 7.38. The maximum absolute atomic E-state index is 12.5. The lowest BCUT2D eigenvalue weighted by Crippen LogP contribution is -2.41. The minimum absolute atomic E-state index is 0.150. The Bertz CT molecular complexity index is 686. The fourth-order valence-electron chi connectivity index (χ4n) is 2.25. The lowest BCUT2D eigenvalue weighted by atomic mass is 10.0. The van der Waals surface area contributed by atoms with Gasteiger partial charge in [-0.05, 0) is 12.3 Å². The topological polar surface area (TPSA) is 92.2 Å². The van der Waals surface area contributed by atoms with Crippen molar-refractivity contribution >= 4 is 11.9 Å². The third kappa shape index (κ3) is 4.35. The summed E-state index contributed by atoms with van der Waals surface area (Å²) in [4.78, 5) is 31.8. The second-order valence-electron chi connectivity index (χ2n) is 5.64. The Balaban J connectivity index is 2.28. The summed E-state index contributed by atoms with van der Waals surface area (Å²) < 4.78 is 0. The van der Waals surface area contributed by atoms with Crippen LogP contribution >= 0.6 is 0 Å². The third-order valence-corrected chi connectivity index (χ3v) is 3.31. The minimum atomic E-state index is -1.05. The molecule has 120 valence electrons. The Morgan fingerprint density at radius 3 is 2.52 bits per heavy atom. The molecule has 6 nitrogen and oxygen atoms in total. The Kier molecular flexibility index (Phi) is 5.41. The van der Waals surface area contributed by atoms with Gasteiger partial charge in [-0.15, -0.1) is 0 Å². The zero-order valence-corrected chi connectivity index (χ0v) is 13.1. The van der Waals surface area contributed by atoms with Crippen LogP contribution in [0.3, 0.4) is 0 Å². The van der Waals surface area contributed by atoms with Gasteiger partial charge in [0.2, 0.25) is 0 Å². The molecule has 1 atom stereocenters. The first-order chi connectivity index (χ1) is 11.0. The molecule has 0 aliphatic heterocycles. The zero-order valence-electron chi connectivity index (χ0n) is 13.1. The summed E-state index contributed by atoms with van der Waals surface area (Å²) in [5.74, 6) is -1.39. The number of carbonyl (C=O) groups excluding carboxylic acids is 1. The van der Waals surface area contributed by atoms with Gasteiger partial charge in [0.05, 0.1) is 11.3 Å². The molecule has 0 aliphatic rings. The van der Waals surface area contributed by atoms with Crippen LogP contribution in [0.15, 0.2) is 42.9 Å². The molecule has 0 bridgehead atoms. The number of amides is 1. The summed E-state index contributed by atoms with van der Waals surface area (Å²) in [5, 5.41) is 11.8. The van der Waals surface area contributed by atoms with Crippen LogP contribution in [0.5, 0.6) is 0 Å². The molecular weight excluding hydrogens is 294 g/mol. The van der Waals surface area contributed by atoms with E-state index in [4.69, 9.17) is 0 Å². The molecule has 0 aliphatic carbocycles. The molecule has 1 amide bonds. The van der Waals surface area contributed by atoms with Gasteiger partial charge in [0.1, 0.15) is 12.4 Å². The Morgan fingerprint density at radius 2 is 1.91 bits per heavy atom. The molecule has 1 aromatic carbocycles. The maximum Gasteiger partial charge on any atom is 0.326 e. The molecule has 1 aromatic heterocycles. The Labute approximate surface area is 134 Å². The van der Waals surface area contributed by atoms with E-state index in [9.17, 15) is 14.7 Å². The van der Waals surface area contributed by atoms with E-state index in [1.165, 1.54) is 12.5 Å². The molecule has 0 radical (unpaired) electrons. The van der Waals surface area contributed by atoms with Crippen molar-refractivity contribution in [1.29, 1.82) is 0 Å². The highest BCUT2D eigenvalue weighted by Crippen LogP contribution is 2.20. The number of aliphatic carboxylic acids is 1. The number of hydrogen-bond acceptors (Lipinski definition) is 4. The largest absolute Gasteiger partial charge is 0.480 e. The number of carboxylic acids is 1. The van der Waals surface area contributed by atoms with Crippen molar-refractivity contribution in [1.82, 2.24) is 15.3 Å². The van der Waals surface area contributed by atoms with E-state index in [-0.39, 0.29) is 11.5 Å². The number of rotatable bonds is 6. The van der Waals surface area contributed by atoms with E-state index in [0.29, 0.717) is 12.1 Å². The van der Waals surface area contributed by atoms with E-state index in [1.807, 2.05) is 44.2 Å². The highest BCUT2D eigenvalue weighted by molar-refractivity contribution is 6.01. The van der Waals surface area contributed by atoms with Crippen LogP contribution < -0.4 is 5.32 Å². The van der Waals surface area contributed by atoms with Gasteiger partial charge >= 0.3 is 5.97 Å². The summed E-state index contributed by atoms with van der Waals surface area (Å²) in [6.07, 6.45) is 3.12. The van der Waals surface area contributed by atoms with Gasteiger partial charge < -0.3 is 10.4 Å². The summed E-state index contributed by atoms with van der Waals surface area (Å²) in [5.41, 5.74) is 1.51. The lowest BCUT2D eigenvalue weighted by molar-refractivity contribution is -0.139. The fraction of sp³-hybridized carbons (Fsp3) is 0.294. The Hall–Kier alpha value is -2.76. The van der Waals surface area contributed by atoms with Gasteiger partial charge in [-0.2, -0.15) is 0 Å². The first-order valence-corrected chi connectivity index (χ1v) is 7.38. The van der Waals surface area contributed by atoms with Gasteiger partial charge in [-0.3, -0.25) is 4.79 Å². The molecule has 23 heavy (non-hydrogen) atoms. The van der Waals surface area contributed by atoms with Crippen molar-refractivity contribution in [2.24, 2.45) is 5.92 Å². The second-order valence-corrected chi connectivity index (χ2v) is 5.64. The van der Waals surface area contributed by atoms with Crippen LogP contribution in [-0.2, 0) is 4.79 Å². The molecule has 0 spiro atoms. The normalized spacial score (nSPS) is 12.0. The second kappa shape index (κ2) is 7.49. The molecule has 0 saturated carbocycles. The van der Waals surface area contributed by atoms with E-state index in [0.717, 1.165) is 5.56 Å². The van der Waals surface area contributed by atoms with Gasteiger partial charge in [0.25, 0.3) is 5.91 Å². The number of nitrogens with zero attached hydrogens (tertiary/aromatic N) is 2. The van der Waals surface area contributed by atoms with E-state index >= 15 is 0 Å². The molecule has 6 heteroatoms. The number of carboxylic acid groups (broad SMARTS) is 1. The van der Waals surface area contributed by atoms with Crippen molar-refractivity contribution in [3.8, 4) is 11.3 Å². The van der Waals surface area contributed by atoms with Crippen molar-refractivity contribution in [2.75, 3.05) is 0 Å². The summed E-state index contributed by atoms with van der Waals surface area (Å²) in [7, 11) is 0. The van der Waals surface area contributed by atoms with Gasteiger partial charge in [0, 0.05) is 11.8 Å². The fourth-order valence-corrected chi connectivity index (χ4v) is 2.25. The predicted octanol–water partition coefficient (Wildman–Crippen LogP) is 2.37. The summed E-state index contributed by atoms with van der Waals surface area (Å²) in [6, 6.07) is 8.29. The molecule has 1 heterocycles. The number of hydrogen-bond donors (Lipinski definition) is 2. The molecule has 2 N–H and O–H groups in total. The first kappa shape index (κ1) is 16.6. The van der Waals surface area contributed by atoms with Crippen LogP contribution in [0.25, 0.3) is 11.3 Å². The van der Waals surface area contributed by atoms with Gasteiger partial charge in [-0.1, -0.05) is 44.2 Å². The summed E-state index contributed by atoms with van der Waals surface area (Å²) >= 11 is 0. The molecule has 0 unspecified atom stereocenters. The average molecular weight is 313 g/mol. The third-order valence-electron chi connectivity index (χ3n) is 3.31. The SMILES string of the molecule is CC(C)C[C@@H](NC(=O)c1cncnc1-c1ccccc1)C(=O)O. The molecule has 0 saturated heterocycles. The van der Waals surface area contributed by atoms with Crippen molar-refractivity contribution in [3.63, 3.8) is 0 Å². The monoisotopic (exact) mass is 313 g/mol. The number of aromatic nitrogens is 2. The highest BCUT2D eigenvalue weighted by Gasteiger charge is 2.23. The highest BCUT2D eigenvalue weighted by atomic mass is 16.4. The lowest BCUT2D eigenvalue weighted by Gasteiger charge is -2.17. The van der Waals surface area contributed by atoms with Gasteiger partial charge in [0.15, 0.2) is 0 Å². The van der Waals surface area contributed by atoms with Crippen molar-refractivity contribution in [3.05, 3.63) is 48.4 Å².